The number of nitrogens with zero attached hydrogens (tertiary/aromatic N) is 2. The lowest BCUT2D eigenvalue weighted by atomic mass is 10.2. The number of amides is 1. The number of aromatic nitrogens is 2. The van der Waals surface area contributed by atoms with Crippen LogP contribution in [0.2, 0.25) is 10.0 Å². The van der Waals surface area contributed by atoms with Crippen molar-refractivity contribution in [2.24, 2.45) is 0 Å². The molecule has 0 aliphatic heterocycles. The minimum atomic E-state index is -0.448. The minimum absolute atomic E-state index is 0.0322. The first-order valence-corrected chi connectivity index (χ1v) is 7.96. The average Bonchev–Trinajstić information content (AvgIpc) is 2.96. The molecule has 0 saturated carbocycles. The van der Waals surface area contributed by atoms with Crippen molar-refractivity contribution in [2.45, 2.75) is 13.5 Å². The maximum atomic E-state index is 11.8. The number of carbonyl (C=O) groups is 1. The van der Waals surface area contributed by atoms with Gasteiger partial charge in [0.1, 0.15) is 5.75 Å². The van der Waals surface area contributed by atoms with Gasteiger partial charge in [0.2, 0.25) is 11.5 Å². The van der Waals surface area contributed by atoms with E-state index in [0.29, 0.717) is 42.0 Å². The lowest BCUT2D eigenvalue weighted by Crippen LogP contribution is -2.32. The zero-order chi connectivity index (χ0) is 17.5. The Morgan fingerprint density at radius 1 is 1.33 bits per heavy atom. The van der Waals surface area contributed by atoms with Crippen LogP contribution in [0.5, 0.6) is 5.75 Å². The van der Waals surface area contributed by atoms with Crippen molar-refractivity contribution in [3.8, 4) is 5.75 Å². The molecule has 130 valence electrons. The van der Waals surface area contributed by atoms with Crippen LogP contribution in [-0.4, -0.2) is 35.9 Å². The van der Waals surface area contributed by atoms with Crippen LogP contribution in [0.3, 0.4) is 0 Å². The monoisotopic (exact) mass is 373 g/mol. The number of ether oxygens (including phenoxy) is 1. The summed E-state index contributed by atoms with van der Waals surface area (Å²) in [5.41, 5.74) is 6.24. The fourth-order valence-electron chi connectivity index (χ4n) is 1.98. The molecule has 1 heterocycles. The normalized spacial score (nSPS) is 10.6. The van der Waals surface area contributed by atoms with E-state index in [9.17, 15) is 4.79 Å². The van der Waals surface area contributed by atoms with E-state index in [4.69, 9.17) is 33.7 Å². The van der Waals surface area contributed by atoms with Crippen molar-refractivity contribution in [1.82, 2.24) is 20.9 Å². The number of halogens is 2. The number of hydrogen-bond acceptors (Lipinski definition) is 7. The quantitative estimate of drug-likeness (QED) is 0.604. The largest absolute Gasteiger partial charge is 0.492 e. The first kappa shape index (κ1) is 18.3. The summed E-state index contributed by atoms with van der Waals surface area (Å²) in [5, 5.41) is 13.6. The number of nitrogens with one attached hydrogen (secondary N) is 2. The van der Waals surface area contributed by atoms with E-state index < -0.39 is 5.91 Å². The lowest BCUT2D eigenvalue weighted by Gasteiger charge is -2.13. The van der Waals surface area contributed by atoms with Gasteiger partial charge in [0, 0.05) is 30.2 Å². The summed E-state index contributed by atoms with van der Waals surface area (Å²) in [7, 11) is 0. The predicted octanol–water partition coefficient (Wildman–Crippen LogP) is 1.88. The van der Waals surface area contributed by atoms with Crippen LogP contribution in [-0.2, 0) is 6.54 Å². The molecule has 4 N–H and O–H groups in total. The van der Waals surface area contributed by atoms with Gasteiger partial charge in [-0.1, -0.05) is 23.2 Å². The highest BCUT2D eigenvalue weighted by atomic mass is 35.5. The molecule has 0 radical (unpaired) electrons. The summed E-state index contributed by atoms with van der Waals surface area (Å²) in [6.45, 7) is 3.73. The fourth-order valence-corrected chi connectivity index (χ4v) is 2.57. The lowest BCUT2D eigenvalue weighted by molar-refractivity contribution is 0.0944. The van der Waals surface area contributed by atoms with Crippen molar-refractivity contribution in [1.29, 1.82) is 0 Å². The molecule has 0 bridgehead atoms. The molecule has 0 aliphatic rings. The van der Waals surface area contributed by atoms with Crippen LogP contribution >= 0.6 is 23.2 Å². The van der Waals surface area contributed by atoms with E-state index >= 15 is 0 Å². The third kappa shape index (κ3) is 4.73. The van der Waals surface area contributed by atoms with Gasteiger partial charge in [-0.3, -0.25) is 4.79 Å². The van der Waals surface area contributed by atoms with Gasteiger partial charge in [0.25, 0.3) is 5.91 Å². The van der Waals surface area contributed by atoms with Gasteiger partial charge in [-0.25, -0.2) is 4.63 Å². The first-order chi connectivity index (χ1) is 11.5. The Morgan fingerprint density at radius 2 is 2.12 bits per heavy atom. The zero-order valence-electron chi connectivity index (χ0n) is 12.9. The van der Waals surface area contributed by atoms with E-state index in [0.717, 1.165) is 5.56 Å². The van der Waals surface area contributed by atoms with Crippen molar-refractivity contribution in [2.75, 3.05) is 25.4 Å². The molecule has 1 aromatic heterocycles. The molecule has 1 aromatic carbocycles. The molecule has 0 atom stereocenters. The predicted molar refractivity (Wildman–Crippen MR) is 90.4 cm³/mol. The Balaban J connectivity index is 1.82. The summed E-state index contributed by atoms with van der Waals surface area (Å²) < 4.78 is 9.91. The number of hydrogen-bond donors (Lipinski definition) is 3. The number of nitrogen functional groups attached to an aromatic ring is 1. The van der Waals surface area contributed by atoms with Crippen molar-refractivity contribution >= 4 is 34.9 Å². The highest BCUT2D eigenvalue weighted by Gasteiger charge is 2.15. The second-order valence-electron chi connectivity index (χ2n) is 4.74. The molecule has 0 unspecified atom stereocenters. The molecule has 1 amide bonds. The van der Waals surface area contributed by atoms with Crippen molar-refractivity contribution in [3.05, 3.63) is 33.4 Å². The topological polar surface area (TPSA) is 115 Å². The van der Waals surface area contributed by atoms with Gasteiger partial charge in [0.15, 0.2) is 0 Å². The SMILES string of the molecule is CCOc1c(Cl)cc(Cl)cc1CNCCNC(=O)c1nonc1N. The second kappa shape index (κ2) is 8.72. The van der Waals surface area contributed by atoms with Gasteiger partial charge >= 0.3 is 0 Å². The molecule has 8 nitrogen and oxygen atoms in total. The molecule has 24 heavy (non-hydrogen) atoms. The van der Waals surface area contributed by atoms with Crippen LogP contribution in [0, 0.1) is 0 Å². The maximum Gasteiger partial charge on any atom is 0.277 e. The second-order valence-corrected chi connectivity index (χ2v) is 5.58. The maximum absolute atomic E-state index is 11.8. The summed E-state index contributed by atoms with van der Waals surface area (Å²) in [5.74, 6) is 0.105. The zero-order valence-corrected chi connectivity index (χ0v) is 14.4. The number of rotatable bonds is 8. The standard InChI is InChI=1S/C14H17Cl2N5O3/c1-2-23-12-8(5-9(15)6-10(12)16)7-18-3-4-19-14(22)11-13(17)21-24-20-11/h5-6,18H,2-4,7H2,1H3,(H2,17,21)(H,19,22). The van der Waals surface area contributed by atoms with Gasteiger partial charge in [-0.15, -0.1) is 0 Å². The summed E-state index contributed by atoms with van der Waals surface area (Å²) in [6.07, 6.45) is 0. The Kier molecular flexibility index (Phi) is 6.65. The molecular formula is C14H17Cl2N5O3. The Hall–Kier alpha value is -2.03. The van der Waals surface area contributed by atoms with Gasteiger partial charge < -0.3 is 21.1 Å². The molecule has 0 spiro atoms. The fraction of sp³-hybridized carbons (Fsp3) is 0.357. The van der Waals surface area contributed by atoms with Crippen LogP contribution in [0.1, 0.15) is 23.0 Å². The summed E-state index contributed by atoms with van der Waals surface area (Å²) >= 11 is 12.2. The van der Waals surface area contributed by atoms with Gasteiger partial charge in [-0.05, 0) is 29.4 Å². The highest BCUT2D eigenvalue weighted by molar-refractivity contribution is 6.35. The van der Waals surface area contributed by atoms with Crippen LogP contribution in [0.25, 0.3) is 0 Å². The highest BCUT2D eigenvalue weighted by Crippen LogP contribution is 2.32. The van der Waals surface area contributed by atoms with E-state index in [1.54, 1.807) is 12.1 Å². The molecule has 2 aromatic rings. The van der Waals surface area contributed by atoms with Crippen LogP contribution in [0.15, 0.2) is 16.8 Å². The van der Waals surface area contributed by atoms with E-state index in [2.05, 4.69) is 25.6 Å². The van der Waals surface area contributed by atoms with Crippen LogP contribution < -0.4 is 21.1 Å². The molecular weight excluding hydrogens is 357 g/mol. The summed E-state index contributed by atoms with van der Waals surface area (Å²) in [4.78, 5) is 11.8. The number of nitrogens with two attached hydrogens (primary N) is 1. The third-order valence-electron chi connectivity index (χ3n) is 3.01. The smallest absolute Gasteiger partial charge is 0.277 e. The molecule has 2 rings (SSSR count). The average molecular weight is 374 g/mol. The van der Waals surface area contributed by atoms with Crippen LogP contribution in [0.4, 0.5) is 5.82 Å². The number of benzene rings is 1. The third-order valence-corrected chi connectivity index (χ3v) is 3.50. The Morgan fingerprint density at radius 3 is 2.79 bits per heavy atom. The van der Waals surface area contributed by atoms with E-state index in [1.165, 1.54) is 0 Å². The number of anilines is 1. The van der Waals surface area contributed by atoms with Gasteiger partial charge in [0.05, 0.1) is 11.6 Å². The molecule has 0 fully saturated rings. The van der Waals surface area contributed by atoms with Crippen molar-refractivity contribution in [3.63, 3.8) is 0 Å². The summed E-state index contributed by atoms with van der Waals surface area (Å²) in [6, 6.07) is 3.42. The Bertz CT molecular complexity index is 708. The Labute approximate surface area is 148 Å². The van der Waals surface area contributed by atoms with E-state index in [1.807, 2.05) is 6.92 Å². The molecule has 0 saturated heterocycles. The molecule has 10 heteroatoms. The van der Waals surface area contributed by atoms with Crippen molar-refractivity contribution < 1.29 is 14.2 Å². The number of carbonyl (C=O) groups excluding carboxylic acids is 1. The first-order valence-electron chi connectivity index (χ1n) is 7.20. The minimum Gasteiger partial charge on any atom is -0.492 e. The van der Waals surface area contributed by atoms with E-state index in [-0.39, 0.29) is 11.5 Å². The molecule has 0 aliphatic carbocycles. The van der Waals surface area contributed by atoms with Gasteiger partial charge in [-0.2, -0.15) is 0 Å².